The maximum atomic E-state index is 5.59. The number of ether oxygens (including phenoxy) is 1. The number of rotatable bonds is 4. The van der Waals surface area contributed by atoms with Gasteiger partial charge in [-0.25, -0.2) is 0 Å². The molecule has 0 atom stereocenters. The van der Waals surface area contributed by atoms with Crippen molar-refractivity contribution in [3.05, 3.63) is 0 Å². The van der Waals surface area contributed by atoms with E-state index in [0.717, 1.165) is 6.61 Å². The summed E-state index contributed by atoms with van der Waals surface area (Å²) in [7, 11) is 4.27. The summed E-state index contributed by atoms with van der Waals surface area (Å²) in [6.07, 6.45) is 2.96. The average molecular weight is 157 g/mol. The van der Waals surface area contributed by atoms with Crippen molar-refractivity contribution in [3.8, 4) is 0 Å². The summed E-state index contributed by atoms with van der Waals surface area (Å²) in [5.41, 5.74) is 0.393. The lowest BCUT2D eigenvalue weighted by Gasteiger charge is -2.24. The van der Waals surface area contributed by atoms with E-state index in [1.165, 1.54) is 12.8 Å². The van der Waals surface area contributed by atoms with Crippen LogP contribution in [0.2, 0.25) is 0 Å². The second-order valence-electron chi connectivity index (χ2n) is 3.98. The minimum absolute atomic E-state index is 0.368. The van der Waals surface area contributed by atoms with Crippen LogP contribution in [0.1, 0.15) is 26.7 Å². The maximum absolute atomic E-state index is 5.59. The number of hydrogen-bond donors (Lipinski definition) is 0. The summed E-state index contributed by atoms with van der Waals surface area (Å²) in [5, 5.41) is 0. The number of nitrogens with zero attached hydrogens (tertiary/aromatic N) is 1. The molecular formula is C9H19NO. The van der Waals surface area contributed by atoms with Crippen molar-refractivity contribution in [2.24, 2.45) is 0 Å². The Hall–Kier alpha value is -0.0800. The van der Waals surface area contributed by atoms with Gasteiger partial charge < -0.3 is 9.64 Å². The molecule has 2 heteroatoms. The molecule has 0 aromatic heterocycles. The van der Waals surface area contributed by atoms with Crippen LogP contribution in [0.15, 0.2) is 0 Å². The third kappa shape index (κ3) is 2.17. The van der Waals surface area contributed by atoms with Crippen LogP contribution in [-0.4, -0.2) is 37.2 Å². The van der Waals surface area contributed by atoms with Gasteiger partial charge in [-0.3, -0.25) is 0 Å². The van der Waals surface area contributed by atoms with E-state index in [4.69, 9.17) is 4.74 Å². The van der Waals surface area contributed by atoms with Crippen LogP contribution < -0.4 is 0 Å². The first kappa shape index (κ1) is 9.01. The monoisotopic (exact) mass is 157 g/mol. The molecule has 0 radical (unpaired) electrons. The van der Waals surface area contributed by atoms with Gasteiger partial charge in [0, 0.05) is 5.54 Å². The van der Waals surface area contributed by atoms with Crippen LogP contribution in [0.4, 0.5) is 0 Å². The molecule has 0 aromatic rings. The van der Waals surface area contributed by atoms with Crippen molar-refractivity contribution < 1.29 is 4.74 Å². The fourth-order valence-corrected chi connectivity index (χ4v) is 1.19. The molecule has 0 bridgehead atoms. The third-order valence-electron chi connectivity index (χ3n) is 2.46. The summed E-state index contributed by atoms with van der Waals surface area (Å²) in [6.45, 7) is 5.08. The van der Waals surface area contributed by atoms with E-state index in [1.54, 1.807) is 0 Å². The first-order valence-electron chi connectivity index (χ1n) is 4.36. The van der Waals surface area contributed by atoms with E-state index >= 15 is 0 Å². The van der Waals surface area contributed by atoms with E-state index < -0.39 is 0 Å². The Kier molecular flexibility index (Phi) is 2.55. The van der Waals surface area contributed by atoms with E-state index in [9.17, 15) is 0 Å². The van der Waals surface area contributed by atoms with Crippen molar-refractivity contribution in [2.45, 2.75) is 38.3 Å². The second-order valence-corrected chi connectivity index (χ2v) is 3.98. The first-order chi connectivity index (χ1) is 5.07. The van der Waals surface area contributed by atoms with Crippen LogP contribution in [-0.2, 0) is 4.74 Å². The van der Waals surface area contributed by atoms with Crippen LogP contribution in [0, 0.1) is 0 Å². The Labute approximate surface area is 69.5 Å². The zero-order chi connectivity index (χ0) is 8.48. The molecule has 11 heavy (non-hydrogen) atoms. The smallest absolute Gasteiger partial charge is 0.0653 e. The summed E-state index contributed by atoms with van der Waals surface area (Å²) >= 11 is 0. The molecule has 0 heterocycles. The lowest BCUT2D eigenvalue weighted by Crippen LogP contribution is -2.35. The Balaban J connectivity index is 2.25. The average Bonchev–Trinajstić information content (AvgIpc) is 2.63. The van der Waals surface area contributed by atoms with Gasteiger partial charge >= 0.3 is 0 Å². The van der Waals surface area contributed by atoms with E-state index in [2.05, 4.69) is 32.8 Å². The lowest BCUT2D eigenvalue weighted by molar-refractivity contribution is 0.0291. The normalized spacial score (nSPS) is 21.3. The summed E-state index contributed by atoms with van der Waals surface area (Å²) in [6, 6.07) is 0. The molecule has 1 aliphatic rings. The highest BCUT2D eigenvalue weighted by atomic mass is 16.5. The van der Waals surface area contributed by atoms with Crippen molar-refractivity contribution in [3.63, 3.8) is 0 Å². The molecule has 0 unspecified atom stereocenters. The van der Waals surface area contributed by atoms with Gasteiger partial charge in [0.1, 0.15) is 0 Å². The zero-order valence-corrected chi connectivity index (χ0v) is 8.05. The number of hydrogen-bond acceptors (Lipinski definition) is 2. The minimum atomic E-state index is 0.368. The van der Waals surface area contributed by atoms with Gasteiger partial charge in [-0.05, 0) is 40.8 Å². The molecule has 1 saturated carbocycles. The lowest BCUT2D eigenvalue weighted by atomic mass is 10.2. The van der Waals surface area contributed by atoms with Crippen LogP contribution in [0.25, 0.3) is 0 Å². The minimum Gasteiger partial charge on any atom is -0.377 e. The van der Waals surface area contributed by atoms with Gasteiger partial charge in [-0.15, -0.1) is 0 Å². The predicted molar refractivity (Wildman–Crippen MR) is 46.7 cm³/mol. The molecule has 0 aliphatic heterocycles. The molecule has 1 fully saturated rings. The predicted octanol–water partition coefficient (Wildman–Crippen LogP) is 1.51. The van der Waals surface area contributed by atoms with E-state index in [0.29, 0.717) is 11.6 Å². The topological polar surface area (TPSA) is 12.5 Å². The summed E-state index contributed by atoms with van der Waals surface area (Å²) in [5.74, 6) is 0. The van der Waals surface area contributed by atoms with Crippen LogP contribution >= 0.6 is 0 Å². The first-order valence-corrected chi connectivity index (χ1v) is 4.36. The van der Waals surface area contributed by atoms with Crippen molar-refractivity contribution >= 4 is 0 Å². The van der Waals surface area contributed by atoms with Gasteiger partial charge in [-0.2, -0.15) is 0 Å². The SMILES string of the molecule is CC(C)OCC1(N(C)C)CC1. The highest BCUT2D eigenvalue weighted by Gasteiger charge is 2.45. The molecule has 0 aromatic carbocycles. The van der Waals surface area contributed by atoms with Gasteiger partial charge in [0.05, 0.1) is 12.7 Å². The van der Waals surface area contributed by atoms with Crippen molar-refractivity contribution in [1.82, 2.24) is 4.90 Å². The summed E-state index contributed by atoms with van der Waals surface area (Å²) < 4.78 is 5.59. The van der Waals surface area contributed by atoms with Gasteiger partial charge in [0.2, 0.25) is 0 Å². The van der Waals surface area contributed by atoms with Crippen molar-refractivity contribution in [2.75, 3.05) is 20.7 Å². The molecule has 66 valence electrons. The second kappa shape index (κ2) is 3.11. The third-order valence-corrected chi connectivity index (χ3v) is 2.46. The molecule has 0 saturated heterocycles. The quantitative estimate of drug-likeness (QED) is 0.613. The molecule has 0 N–H and O–H groups in total. The molecule has 0 spiro atoms. The molecule has 0 amide bonds. The van der Waals surface area contributed by atoms with Gasteiger partial charge in [0.15, 0.2) is 0 Å². The highest BCUT2D eigenvalue weighted by Crippen LogP contribution is 2.40. The number of likely N-dealkylation sites (N-methyl/N-ethyl adjacent to an activating group) is 1. The van der Waals surface area contributed by atoms with Crippen LogP contribution in [0.3, 0.4) is 0 Å². The zero-order valence-electron chi connectivity index (χ0n) is 8.05. The van der Waals surface area contributed by atoms with Crippen LogP contribution in [0.5, 0.6) is 0 Å². The Morgan fingerprint density at radius 3 is 2.18 bits per heavy atom. The molecule has 1 rings (SSSR count). The summed E-state index contributed by atoms with van der Waals surface area (Å²) in [4.78, 5) is 2.29. The van der Waals surface area contributed by atoms with E-state index in [1.807, 2.05) is 0 Å². The van der Waals surface area contributed by atoms with E-state index in [-0.39, 0.29) is 0 Å². The molecule has 1 aliphatic carbocycles. The fourth-order valence-electron chi connectivity index (χ4n) is 1.19. The molecule has 2 nitrogen and oxygen atoms in total. The molecular weight excluding hydrogens is 138 g/mol. The fraction of sp³-hybridized carbons (Fsp3) is 1.00. The largest absolute Gasteiger partial charge is 0.377 e. The van der Waals surface area contributed by atoms with Gasteiger partial charge in [-0.1, -0.05) is 0 Å². The Bertz CT molecular complexity index is 128. The Morgan fingerprint density at radius 1 is 1.36 bits per heavy atom. The van der Waals surface area contributed by atoms with Crippen molar-refractivity contribution in [1.29, 1.82) is 0 Å². The Morgan fingerprint density at radius 2 is 1.91 bits per heavy atom. The maximum Gasteiger partial charge on any atom is 0.0653 e. The van der Waals surface area contributed by atoms with Gasteiger partial charge in [0.25, 0.3) is 0 Å². The standard InChI is InChI=1S/C9H19NO/c1-8(2)11-7-9(5-6-9)10(3)4/h8H,5-7H2,1-4H3. The highest BCUT2D eigenvalue weighted by molar-refractivity contribution is 5.01.